The third-order valence-corrected chi connectivity index (χ3v) is 14.3. The number of rotatable bonds is 59. The fourth-order valence-electron chi connectivity index (χ4n) is 9.46. The number of hydrogen-bond donors (Lipinski definition) is 0. The Morgan fingerprint density at radius 3 is 0.836 bits per heavy atom. The molecule has 0 saturated carbocycles. The summed E-state index contributed by atoms with van der Waals surface area (Å²) in [6, 6.07) is 0. The second-order valence-corrected chi connectivity index (χ2v) is 21.7. The molecule has 0 N–H and O–H groups in total. The Morgan fingerprint density at radius 1 is 0.274 bits per heavy atom. The molecule has 0 aliphatic rings. The van der Waals surface area contributed by atoms with E-state index < -0.39 is 6.10 Å². The van der Waals surface area contributed by atoms with Crippen LogP contribution in [0.15, 0.2) is 48.6 Å². The van der Waals surface area contributed by atoms with E-state index >= 15 is 0 Å². The SMILES string of the molecule is CCC/C=C\C/C=C\CCCCCCCC(=O)OCC(COC(=O)CCCCCCCCCCCCCCCCCCCCCCCCCCCCC)OC(=O)CCCCCCC/C=C\C/C=C\CCCCC. The Bertz CT molecular complexity index is 1270. The highest BCUT2D eigenvalue weighted by atomic mass is 16.6. The number of esters is 3. The molecule has 73 heavy (non-hydrogen) atoms. The lowest BCUT2D eigenvalue weighted by Gasteiger charge is -2.18. The molecule has 426 valence electrons. The van der Waals surface area contributed by atoms with Crippen LogP contribution in [0.4, 0.5) is 0 Å². The van der Waals surface area contributed by atoms with Crippen LogP contribution in [0.1, 0.15) is 342 Å². The van der Waals surface area contributed by atoms with E-state index in [1.165, 1.54) is 193 Å². The van der Waals surface area contributed by atoms with Gasteiger partial charge >= 0.3 is 17.9 Å². The van der Waals surface area contributed by atoms with Crippen molar-refractivity contribution in [2.24, 2.45) is 0 Å². The summed E-state index contributed by atoms with van der Waals surface area (Å²) in [6.45, 7) is 6.57. The second kappa shape index (κ2) is 61.9. The smallest absolute Gasteiger partial charge is 0.306 e. The minimum absolute atomic E-state index is 0.0804. The molecule has 6 heteroatoms. The Morgan fingerprint density at radius 2 is 0.521 bits per heavy atom. The summed E-state index contributed by atoms with van der Waals surface area (Å²) in [5.74, 6) is -0.892. The van der Waals surface area contributed by atoms with Gasteiger partial charge < -0.3 is 14.2 Å². The fraction of sp³-hybridized carbons (Fsp3) is 0.836. The van der Waals surface area contributed by atoms with Crippen LogP contribution in [0.5, 0.6) is 0 Å². The van der Waals surface area contributed by atoms with E-state index in [0.717, 1.165) is 109 Å². The quantitative estimate of drug-likeness (QED) is 0.0261. The van der Waals surface area contributed by atoms with Crippen molar-refractivity contribution in [2.45, 2.75) is 348 Å². The number of unbranched alkanes of at least 4 members (excludes halogenated alkanes) is 40. The topological polar surface area (TPSA) is 78.9 Å². The van der Waals surface area contributed by atoms with E-state index in [9.17, 15) is 14.4 Å². The van der Waals surface area contributed by atoms with Crippen molar-refractivity contribution in [3.63, 3.8) is 0 Å². The van der Waals surface area contributed by atoms with E-state index in [0.29, 0.717) is 19.3 Å². The summed E-state index contributed by atoms with van der Waals surface area (Å²) < 4.78 is 16.9. The molecular formula is C67H122O6. The van der Waals surface area contributed by atoms with Gasteiger partial charge in [-0.3, -0.25) is 14.4 Å². The first kappa shape index (κ1) is 70.4. The summed E-state index contributed by atoms with van der Waals surface area (Å²) in [7, 11) is 0. The van der Waals surface area contributed by atoms with Crippen LogP contribution in [0.3, 0.4) is 0 Å². The predicted molar refractivity (Wildman–Crippen MR) is 316 cm³/mol. The lowest BCUT2D eigenvalue weighted by Crippen LogP contribution is -2.30. The zero-order chi connectivity index (χ0) is 52.9. The number of carbonyl (C=O) groups is 3. The van der Waals surface area contributed by atoms with Crippen LogP contribution < -0.4 is 0 Å². The van der Waals surface area contributed by atoms with Crippen molar-refractivity contribution in [1.82, 2.24) is 0 Å². The molecule has 0 fully saturated rings. The molecule has 0 bridgehead atoms. The third-order valence-electron chi connectivity index (χ3n) is 14.3. The van der Waals surface area contributed by atoms with Gasteiger partial charge in [-0.05, 0) is 77.0 Å². The Balaban J connectivity index is 4.20. The van der Waals surface area contributed by atoms with Gasteiger partial charge in [-0.2, -0.15) is 0 Å². The summed E-state index contributed by atoms with van der Waals surface area (Å²) >= 11 is 0. The van der Waals surface area contributed by atoms with Gasteiger partial charge in [0.1, 0.15) is 13.2 Å². The highest BCUT2D eigenvalue weighted by molar-refractivity contribution is 5.71. The van der Waals surface area contributed by atoms with Gasteiger partial charge in [-0.1, -0.05) is 294 Å². The van der Waals surface area contributed by atoms with E-state index in [1.54, 1.807) is 0 Å². The van der Waals surface area contributed by atoms with Crippen molar-refractivity contribution in [2.75, 3.05) is 13.2 Å². The first-order chi connectivity index (χ1) is 36.0. The van der Waals surface area contributed by atoms with Crippen LogP contribution in [0, 0.1) is 0 Å². The van der Waals surface area contributed by atoms with Crippen LogP contribution in [0.25, 0.3) is 0 Å². The highest BCUT2D eigenvalue weighted by Gasteiger charge is 2.19. The van der Waals surface area contributed by atoms with Gasteiger partial charge in [0.2, 0.25) is 0 Å². The van der Waals surface area contributed by atoms with Gasteiger partial charge in [0.05, 0.1) is 0 Å². The van der Waals surface area contributed by atoms with Gasteiger partial charge in [0.25, 0.3) is 0 Å². The molecule has 0 aromatic carbocycles. The zero-order valence-corrected chi connectivity index (χ0v) is 48.9. The summed E-state index contributed by atoms with van der Waals surface area (Å²) in [6.07, 6.45) is 77.0. The maximum Gasteiger partial charge on any atom is 0.306 e. The molecule has 0 aliphatic heterocycles. The van der Waals surface area contributed by atoms with Crippen molar-refractivity contribution < 1.29 is 28.6 Å². The molecule has 1 unspecified atom stereocenters. The molecule has 0 amide bonds. The molecular weight excluding hydrogens is 901 g/mol. The fourth-order valence-corrected chi connectivity index (χ4v) is 9.46. The van der Waals surface area contributed by atoms with Gasteiger partial charge in [0, 0.05) is 19.3 Å². The maximum absolute atomic E-state index is 12.9. The summed E-state index contributed by atoms with van der Waals surface area (Å²) in [5, 5.41) is 0. The molecule has 0 aliphatic carbocycles. The Kier molecular flexibility index (Phi) is 59.7. The number of carbonyl (C=O) groups excluding carboxylic acids is 3. The Hall–Kier alpha value is -2.63. The van der Waals surface area contributed by atoms with E-state index in [4.69, 9.17) is 14.2 Å². The van der Waals surface area contributed by atoms with Crippen molar-refractivity contribution in [3.05, 3.63) is 48.6 Å². The third kappa shape index (κ3) is 60.1. The lowest BCUT2D eigenvalue weighted by molar-refractivity contribution is -0.167. The number of allylic oxidation sites excluding steroid dienone is 8. The molecule has 0 saturated heterocycles. The van der Waals surface area contributed by atoms with E-state index in [1.807, 2.05) is 0 Å². The first-order valence-electron chi connectivity index (χ1n) is 32.1. The first-order valence-corrected chi connectivity index (χ1v) is 32.1. The minimum atomic E-state index is -0.785. The van der Waals surface area contributed by atoms with E-state index in [2.05, 4.69) is 69.4 Å². The molecule has 0 radical (unpaired) electrons. The van der Waals surface area contributed by atoms with Crippen molar-refractivity contribution >= 4 is 17.9 Å². The summed E-state index contributed by atoms with van der Waals surface area (Å²) in [4.78, 5) is 38.2. The van der Waals surface area contributed by atoms with Crippen molar-refractivity contribution in [3.8, 4) is 0 Å². The van der Waals surface area contributed by atoms with Crippen LogP contribution in [-0.4, -0.2) is 37.2 Å². The van der Waals surface area contributed by atoms with Crippen LogP contribution in [0.2, 0.25) is 0 Å². The normalized spacial score (nSPS) is 12.3. The van der Waals surface area contributed by atoms with Crippen LogP contribution in [-0.2, 0) is 28.6 Å². The molecule has 0 rings (SSSR count). The molecule has 0 heterocycles. The molecule has 1 atom stereocenters. The molecule has 6 nitrogen and oxygen atoms in total. The second-order valence-electron chi connectivity index (χ2n) is 21.7. The molecule has 0 spiro atoms. The van der Waals surface area contributed by atoms with Gasteiger partial charge in [-0.25, -0.2) is 0 Å². The average molecular weight is 1020 g/mol. The Labute approximate surface area is 454 Å². The monoisotopic (exact) mass is 1020 g/mol. The molecule has 0 aromatic rings. The summed E-state index contributed by atoms with van der Waals surface area (Å²) in [5.41, 5.74) is 0. The largest absolute Gasteiger partial charge is 0.462 e. The van der Waals surface area contributed by atoms with Crippen molar-refractivity contribution in [1.29, 1.82) is 0 Å². The average Bonchev–Trinajstić information content (AvgIpc) is 3.39. The maximum atomic E-state index is 12.9. The number of ether oxygens (including phenoxy) is 3. The number of hydrogen-bond acceptors (Lipinski definition) is 6. The van der Waals surface area contributed by atoms with Gasteiger partial charge in [0.15, 0.2) is 6.10 Å². The standard InChI is InChI=1S/C67H122O6/c1-4-7-10-13-16-19-22-25-27-28-29-30-31-32-33-34-35-36-37-38-40-42-45-48-51-54-57-60-66(69)72-63-64(62-71-65(68)59-56-53-50-47-44-41-24-21-18-15-12-9-6-3)73-67(70)61-58-55-52-49-46-43-39-26-23-20-17-14-11-8-5-2/h12,15,17,20-21,24,26,39,64H,4-11,13-14,16,18-19,22-23,25,27-38,40-63H2,1-3H3/b15-12-,20-17-,24-21-,39-26-. The lowest BCUT2D eigenvalue weighted by atomic mass is 10.0. The molecule has 0 aromatic heterocycles. The van der Waals surface area contributed by atoms with Gasteiger partial charge in [-0.15, -0.1) is 0 Å². The van der Waals surface area contributed by atoms with E-state index in [-0.39, 0.29) is 31.1 Å². The predicted octanol–water partition coefficient (Wildman–Crippen LogP) is 21.8. The minimum Gasteiger partial charge on any atom is -0.462 e. The van der Waals surface area contributed by atoms with Crippen LogP contribution >= 0.6 is 0 Å². The zero-order valence-electron chi connectivity index (χ0n) is 48.9. The highest BCUT2D eigenvalue weighted by Crippen LogP contribution is 2.18.